The lowest BCUT2D eigenvalue weighted by atomic mass is 10.2. The molecule has 0 unspecified atom stereocenters. The van der Waals surface area contributed by atoms with Gasteiger partial charge in [-0.2, -0.15) is 13.2 Å². The van der Waals surface area contributed by atoms with Crippen LogP contribution >= 0.6 is 0 Å². The number of anilines is 1. The fraction of sp³-hybridized carbons (Fsp3) is 0.455. The molecule has 10 nitrogen and oxygen atoms in total. The zero-order valence-corrected chi connectivity index (χ0v) is 19.4. The lowest BCUT2D eigenvalue weighted by molar-refractivity contribution is -0.142. The van der Waals surface area contributed by atoms with Crippen LogP contribution in [-0.4, -0.2) is 67.3 Å². The van der Waals surface area contributed by atoms with Crippen LogP contribution in [0.3, 0.4) is 0 Å². The molecule has 3 aromatic heterocycles. The highest BCUT2D eigenvalue weighted by molar-refractivity contribution is 5.75. The van der Waals surface area contributed by atoms with Gasteiger partial charge in [0.2, 0.25) is 0 Å². The standard InChI is InChI=1S/C22H24F3N7O3/c1-21(2,3)35-20(34)31-10-8-30(9-11-31)16-12-14-18(29-7-5-26-14)32(19(16)33)13-15-17(22(23,24)25)28-6-4-27-15/h4-7,12H,8-11,13H2,1-3H3. The maximum absolute atomic E-state index is 13.5. The molecule has 0 N–H and O–H groups in total. The van der Waals surface area contributed by atoms with Crippen molar-refractivity contribution >= 4 is 22.9 Å². The Morgan fingerprint density at radius 2 is 1.60 bits per heavy atom. The second-order valence-electron chi connectivity index (χ2n) is 8.99. The van der Waals surface area contributed by atoms with Crippen LogP contribution in [0.2, 0.25) is 0 Å². The number of fused-ring (bicyclic) bond motifs is 1. The Hall–Kier alpha value is -3.77. The molecule has 1 aliphatic rings. The van der Waals surface area contributed by atoms with Crippen LogP contribution in [0, 0.1) is 0 Å². The van der Waals surface area contributed by atoms with E-state index in [1.54, 1.807) is 36.6 Å². The number of aromatic nitrogens is 5. The summed E-state index contributed by atoms with van der Waals surface area (Å²) in [7, 11) is 0. The van der Waals surface area contributed by atoms with Gasteiger partial charge in [0.25, 0.3) is 5.56 Å². The molecular formula is C22H24F3N7O3. The van der Waals surface area contributed by atoms with Gasteiger partial charge in [0, 0.05) is 51.0 Å². The van der Waals surface area contributed by atoms with Crippen molar-refractivity contribution in [3.05, 3.63) is 52.6 Å². The highest BCUT2D eigenvalue weighted by Crippen LogP contribution is 2.30. The van der Waals surface area contributed by atoms with Crippen molar-refractivity contribution in [1.29, 1.82) is 0 Å². The third-order valence-corrected chi connectivity index (χ3v) is 5.32. The van der Waals surface area contributed by atoms with E-state index in [9.17, 15) is 22.8 Å². The van der Waals surface area contributed by atoms with Crippen molar-refractivity contribution in [1.82, 2.24) is 29.4 Å². The summed E-state index contributed by atoms with van der Waals surface area (Å²) in [4.78, 5) is 44.8. The predicted molar refractivity (Wildman–Crippen MR) is 120 cm³/mol. The quantitative estimate of drug-likeness (QED) is 0.551. The van der Waals surface area contributed by atoms with Crippen molar-refractivity contribution < 1.29 is 22.7 Å². The van der Waals surface area contributed by atoms with E-state index in [1.807, 2.05) is 0 Å². The zero-order chi connectivity index (χ0) is 25.4. The molecule has 35 heavy (non-hydrogen) atoms. The van der Waals surface area contributed by atoms with Gasteiger partial charge in [0.1, 0.15) is 16.8 Å². The zero-order valence-electron chi connectivity index (χ0n) is 19.4. The molecule has 13 heteroatoms. The number of piperazine rings is 1. The molecule has 4 rings (SSSR count). The second kappa shape index (κ2) is 9.12. The molecule has 1 aliphatic heterocycles. The maximum atomic E-state index is 13.5. The van der Waals surface area contributed by atoms with E-state index in [-0.39, 0.29) is 11.3 Å². The smallest absolute Gasteiger partial charge is 0.435 e. The molecule has 3 aromatic rings. The number of rotatable bonds is 3. The average molecular weight is 491 g/mol. The molecule has 0 aliphatic carbocycles. The number of hydrogen-bond acceptors (Lipinski definition) is 8. The number of amides is 1. The lowest BCUT2D eigenvalue weighted by Crippen LogP contribution is -2.51. The van der Waals surface area contributed by atoms with Crippen LogP contribution in [0.1, 0.15) is 32.2 Å². The Morgan fingerprint density at radius 3 is 2.26 bits per heavy atom. The van der Waals surface area contributed by atoms with Gasteiger partial charge in [-0.25, -0.2) is 14.8 Å². The summed E-state index contributed by atoms with van der Waals surface area (Å²) in [6.07, 6.45) is -0.286. The minimum Gasteiger partial charge on any atom is -0.444 e. The number of carbonyl (C=O) groups excluding carboxylic acids is 1. The predicted octanol–water partition coefficient (Wildman–Crippen LogP) is 2.71. The first-order valence-corrected chi connectivity index (χ1v) is 10.9. The van der Waals surface area contributed by atoms with Gasteiger partial charge >= 0.3 is 12.3 Å². The van der Waals surface area contributed by atoms with E-state index in [4.69, 9.17) is 4.74 Å². The fourth-order valence-corrected chi connectivity index (χ4v) is 3.78. The number of nitrogens with zero attached hydrogens (tertiary/aromatic N) is 7. The molecule has 186 valence electrons. The molecule has 1 saturated heterocycles. The normalized spacial score (nSPS) is 14.9. The van der Waals surface area contributed by atoms with Gasteiger partial charge in [-0.15, -0.1) is 0 Å². The second-order valence-corrected chi connectivity index (χ2v) is 8.99. The van der Waals surface area contributed by atoms with Crippen LogP contribution in [-0.2, 0) is 17.5 Å². The topological polar surface area (TPSA) is 106 Å². The Morgan fingerprint density at radius 1 is 0.971 bits per heavy atom. The summed E-state index contributed by atoms with van der Waals surface area (Å²) in [5, 5.41) is 0. The van der Waals surface area contributed by atoms with Crippen LogP contribution in [0.25, 0.3) is 11.2 Å². The van der Waals surface area contributed by atoms with Crippen molar-refractivity contribution in [2.45, 2.75) is 39.1 Å². The fourth-order valence-electron chi connectivity index (χ4n) is 3.78. The number of alkyl halides is 3. The summed E-state index contributed by atoms with van der Waals surface area (Å²) in [6.45, 7) is 6.15. The summed E-state index contributed by atoms with van der Waals surface area (Å²) in [5.41, 5.74) is -2.02. The van der Waals surface area contributed by atoms with E-state index in [0.29, 0.717) is 31.7 Å². The average Bonchev–Trinajstić information content (AvgIpc) is 2.79. The first kappa shape index (κ1) is 24.4. The number of carbonyl (C=O) groups is 1. The molecule has 0 saturated carbocycles. The highest BCUT2D eigenvalue weighted by Gasteiger charge is 2.36. The third kappa shape index (κ3) is 5.33. The number of ether oxygens (including phenoxy) is 1. The third-order valence-electron chi connectivity index (χ3n) is 5.32. The molecule has 0 radical (unpaired) electrons. The van der Waals surface area contributed by atoms with Gasteiger partial charge in [0.05, 0.1) is 12.2 Å². The van der Waals surface area contributed by atoms with E-state index in [2.05, 4.69) is 19.9 Å². The van der Waals surface area contributed by atoms with E-state index < -0.39 is 41.4 Å². The largest absolute Gasteiger partial charge is 0.444 e. The van der Waals surface area contributed by atoms with Crippen LogP contribution < -0.4 is 10.5 Å². The number of hydrogen-bond donors (Lipinski definition) is 0. The van der Waals surface area contributed by atoms with Crippen LogP contribution in [0.15, 0.2) is 35.6 Å². The molecule has 4 heterocycles. The molecule has 0 atom stereocenters. The number of halogens is 3. The monoisotopic (exact) mass is 491 g/mol. The van der Waals surface area contributed by atoms with E-state index in [0.717, 1.165) is 17.0 Å². The molecule has 1 fully saturated rings. The summed E-state index contributed by atoms with van der Waals surface area (Å²) in [5.74, 6) is 0. The van der Waals surface area contributed by atoms with Crippen LogP contribution in [0.5, 0.6) is 0 Å². The first-order valence-electron chi connectivity index (χ1n) is 10.9. The SMILES string of the molecule is CC(C)(C)OC(=O)N1CCN(c2cc3nccnc3n(Cc3nccnc3C(F)(F)F)c2=O)CC1. The van der Waals surface area contributed by atoms with Gasteiger partial charge in [-0.05, 0) is 26.8 Å². The Kier molecular flexibility index (Phi) is 6.34. The van der Waals surface area contributed by atoms with Crippen molar-refractivity contribution in [3.8, 4) is 0 Å². The summed E-state index contributed by atoms with van der Waals surface area (Å²) in [6, 6.07) is 1.56. The van der Waals surface area contributed by atoms with Crippen molar-refractivity contribution in [2.24, 2.45) is 0 Å². The van der Waals surface area contributed by atoms with Crippen LogP contribution in [0.4, 0.5) is 23.7 Å². The Balaban J connectivity index is 1.67. The molecule has 0 bridgehead atoms. The van der Waals surface area contributed by atoms with Gasteiger partial charge in [-0.1, -0.05) is 0 Å². The van der Waals surface area contributed by atoms with E-state index in [1.165, 1.54) is 12.4 Å². The minimum absolute atomic E-state index is 0.132. The lowest BCUT2D eigenvalue weighted by Gasteiger charge is -2.36. The molecule has 0 aromatic carbocycles. The highest BCUT2D eigenvalue weighted by atomic mass is 19.4. The van der Waals surface area contributed by atoms with Gasteiger partial charge < -0.3 is 14.5 Å². The molecule has 0 spiro atoms. The maximum Gasteiger partial charge on any atom is 0.435 e. The van der Waals surface area contributed by atoms with Gasteiger partial charge in [0.15, 0.2) is 11.3 Å². The molecular weight excluding hydrogens is 467 g/mol. The molecule has 1 amide bonds. The Bertz CT molecular complexity index is 1300. The van der Waals surface area contributed by atoms with Gasteiger partial charge in [-0.3, -0.25) is 19.3 Å². The summed E-state index contributed by atoms with van der Waals surface area (Å²) < 4.78 is 46.9. The Labute approximate surface area is 198 Å². The number of pyridine rings is 1. The first-order chi connectivity index (χ1) is 16.4. The summed E-state index contributed by atoms with van der Waals surface area (Å²) >= 11 is 0. The van der Waals surface area contributed by atoms with Crippen molar-refractivity contribution in [2.75, 3.05) is 31.1 Å². The minimum atomic E-state index is -4.73. The van der Waals surface area contributed by atoms with E-state index >= 15 is 0 Å². The van der Waals surface area contributed by atoms with Crippen molar-refractivity contribution in [3.63, 3.8) is 0 Å².